The number of benzene rings is 2. The summed E-state index contributed by atoms with van der Waals surface area (Å²) in [5.74, 6) is -3.66. The molecular weight excluding hydrogens is 809 g/mol. The highest BCUT2D eigenvalue weighted by Crippen LogP contribution is 2.67. The Bertz CT molecular complexity index is 2050. The van der Waals surface area contributed by atoms with E-state index in [-0.39, 0.29) is 25.3 Å². The maximum Gasteiger partial charge on any atom is 0.434 e. The van der Waals surface area contributed by atoms with Crippen LogP contribution in [0.1, 0.15) is 96.9 Å². The quantitative estimate of drug-likeness (QED) is 0.0339. The van der Waals surface area contributed by atoms with Gasteiger partial charge in [0.1, 0.15) is 12.1 Å². The third kappa shape index (κ3) is 11.6. The van der Waals surface area contributed by atoms with Crippen molar-refractivity contribution in [2.75, 3.05) is 18.5 Å². The molecule has 2 aliphatic heterocycles. The van der Waals surface area contributed by atoms with Crippen molar-refractivity contribution in [3.63, 3.8) is 0 Å². The van der Waals surface area contributed by atoms with Gasteiger partial charge in [-0.1, -0.05) is 42.5 Å². The second kappa shape index (κ2) is 19.1. The van der Waals surface area contributed by atoms with Gasteiger partial charge in [-0.25, -0.2) is 0 Å². The van der Waals surface area contributed by atoms with Crippen LogP contribution in [0.25, 0.3) is 5.57 Å². The van der Waals surface area contributed by atoms with Crippen molar-refractivity contribution in [1.29, 1.82) is 0 Å². The van der Waals surface area contributed by atoms with Gasteiger partial charge in [0.15, 0.2) is 0 Å². The van der Waals surface area contributed by atoms with Gasteiger partial charge in [0, 0.05) is 30.5 Å². The van der Waals surface area contributed by atoms with Crippen LogP contribution in [0.5, 0.6) is 0 Å². The number of para-hydroxylation sites is 1. The van der Waals surface area contributed by atoms with Crippen LogP contribution in [-0.2, 0) is 75.4 Å². The van der Waals surface area contributed by atoms with Crippen LogP contribution in [0.4, 0.5) is 14.5 Å². The fraction of sp³-hybridized carbons (Fsp3) is 0.512. The first-order chi connectivity index (χ1) is 27.9. The summed E-state index contributed by atoms with van der Waals surface area (Å²) < 4.78 is 64.7. The standard InChI is InChI=1S/C41H53F2N4O12P/c1-24(20-33(49)46-30-18-15-27-10-9-11-28-21-31(47(34(27)28)36(30)51)35(50)45-25(2)12-19-32(44)48)26-13-16-29(17-14-26)41(42,43)60(54,58-23-56-38(53)40(6,7)8)59-57-22-55-37(52)39(3,4)5/h9-11,13-14,16-17,20,25,30-31H,12,15,18-19,21-23H2,1-8H3,(H2,44,48)(H,45,50)(H,46,49)/b24-20+/t25?,30-,31-,60?/m0/s1. The van der Waals surface area contributed by atoms with Crippen LogP contribution in [-0.4, -0.2) is 67.3 Å². The summed E-state index contributed by atoms with van der Waals surface area (Å²) in [5, 5.41) is 5.60. The minimum Gasteiger partial charge on any atom is -0.438 e. The van der Waals surface area contributed by atoms with E-state index in [4.69, 9.17) is 19.7 Å². The molecule has 19 heteroatoms. The Morgan fingerprint density at radius 2 is 1.55 bits per heavy atom. The van der Waals surface area contributed by atoms with E-state index in [1.165, 1.54) is 71.6 Å². The summed E-state index contributed by atoms with van der Waals surface area (Å²) in [7, 11) is -5.68. The number of hydrogen-bond donors (Lipinski definition) is 3. The number of amides is 4. The molecule has 2 aromatic carbocycles. The van der Waals surface area contributed by atoms with Crippen molar-refractivity contribution in [2.45, 2.75) is 111 Å². The van der Waals surface area contributed by atoms with E-state index in [1.807, 2.05) is 18.2 Å². The van der Waals surface area contributed by atoms with Crippen molar-refractivity contribution in [2.24, 2.45) is 16.6 Å². The number of alkyl halides is 2. The predicted molar refractivity (Wildman–Crippen MR) is 213 cm³/mol. The molecule has 0 spiro atoms. The normalized spacial score (nSPS) is 18.4. The number of carbonyl (C=O) groups is 6. The van der Waals surface area contributed by atoms with E-state index in [9.17, 15) is 33.3 Å². The maximum absolute atomic E-state index is 16.0. The molecular formula is C41H53F2N4O12P. The highest BCUT2D eigenvalue weighted by molar-refractivity contribution is 7.54. The second-order valence-electron chi connectivity index (χ2n) is 16.7. The fourth-order valence-corrected chi connectivity index (χ4v) is 7.37. The Kier molecular flexibility index (Phi) is 15.2. The summed E-state index contributed by atoms with van der Waals surface area (Å²) in [6, 6.07) is 7.56. The molecule has 0 aliphatic carbocycles. The van der Waals surface area contributed by atoms with Crippen LogP contribution >= 0.6 is 7.60 Å². The van der Waals surface area contributed by atoms with E-state index in [2.05, 4.69) is 20.2 Å². The molecule has 4 amide bonds. The molecule has 0 saturated heterocycles. The molecule has 2 unspecified atom stereocenters. The molecule has 4 rings (SSSR count). The van der Waals surface area contributed by atoms with Gasteiger partial charge in [-0.3, -0.25) is 42.8 Å². The first-order valence-electron chi connectivity index (χ1n) is 19.3. The number of primary amides is 1. The zero-order valence-corrected chi connectivity index (χ0v) is 35.8. The number of rotatable bonds is 17. The number of anilines is 1. The number of allylic oxidation sites excluding steroid dienone is 1. The molecule has 4 N–H and O–H groups in total. The van der Waals surface area contributed by atoms with E-state index in [1.54, 1.807) is 6.92 Å². The number of carbonyl (C=O) groups excluding carboxylic acids is 6. The fourth-order valence-electron chi connectivity index (χ4n) is 6.23. The Hall–Kier alpha value is -5.03. The molecule has 0 fully saturated rings. The molecule has 0 bridgehead atoms. The number of ether oxygens (including phenoxy) is 2. The third-order valence-electron chi connectivity index (χ3n) is 9.64. The summed E-state index contributed by atoms with van der Waals surface area (Å²) in [4.78, 5) is 82.5. The zero-order chi connectivity index (χ0) is 44.8. The van der Waals surface area contributed by atoms with Crippen molar-refractivity contribution < 1.29 is 65.7 Å². The number of nitrogens with zero attached hydrogens (tertiary/aromatic N) is 1. The van der Waals surface area contributed by atoms with Crippen molar-refractivity contribution in [3.05, 3.63) is 70.8 Å². The minimum atomic E-state index is -5.68. The second-order valence-corrected chi connectivity index (χ2v) is 18.7. The Labute approximate surface area is 347 Å². The Morgan fingerprint density at radius 1 is 0.950 bits per heavy atom. The molecule has 16 nitrogen and oxygen atoms in total. The molecule has 0 saturated carbocycles. The first-order valence-corrected chi connectivity index (χ1v) is 20.8. The first kappa shape index (κ1) is 47.6. The topological polar surface area (TPSA) is 219 Å². The average Bonchev–Trinajstić information content (AvgIpc) is 3.50. The van der Waals surface area contributed by atoms with E-state index in [0.29, 0.717) is 29.7 Å². The lowest BCUT2D eigenvalue weighted by Crippen LogP contribution is -2.55. The van der Waals surface area contributed by atoms with Gasteiger partial charge in [0.2, 0.25) is 37.2 Å². The van der Waals surface area contributed by atoms with E-state index in [0.717, 1.165) is 23.3 Å². The lowest BCUT2D eigenvalue weighted by molar-refractivity contribution is -0.276. The predicted octanol–water partition coefficient (Wildman–Crippen LogP) is 5.55. The summed E-state index contributed by atoms with van der Waals surface area (Å²) in [6.45, 7) is 10.2. The summed E-state index contributed by atoms with van der Waals surface area (Å²) in [6.07, 6.45) is 2.52. The molecule has 2 aromatic rings. The SMILES string of the molecule is C/C(=C\C(=O)N[C@H]1CCc2cccc3c2N(C1=O)[C@H](C(=O)NC(C)CCC(N)=O)C3)c1ccc(C(F)(F)P(=O)(OCOC(=O)C(C)(C)C)OOCOC(=O)C(C)(C)C)cc1. The van der Waals surface area contributed by atoms with Gasteiger partial charge >= 0.3 is 25.2 Å². The Balaban J connectivity index is 1.48. The number of aryl methyl sites for hydroxylation is 1. The molecule has 4 atom stereocenters. The molecule has 0 aromatic heterocycles. The molecule has 0 radical (unpaired) electrons. The van der Waals surface area contributed by atoms with Crippen molar-refractivity contribution in [1.82, 2.24) is 10.6 Å². The van der Waals surface area contributed by atoms with E-state index < -0.39 is 90.9 Å². The van der Waals surface area contributed by atoms with Gasteiger partial charge in [0.05, 0.1) is 16.5 Å². The Morgan fingerprint density at radius 3 is 2.15 bits per heavy atom. The monoisotopic (exact) mass is 862 g/mol. The number of nitrogens with two attached hydrogens (primary N) is 1. The molecule has 2 heterocycles. The molecule has 328 valence electrons. The van der Waals surface area contributed by atoms with Crippen LogP contribution in [0.15, 0.2) is 48.5 Å². The minimum absolute atomic E-state index is 0.0787. The van der Waals surface area contributed by atoms with Gasteiger partial charge < -0.3 is 25.8 Å². The number of hydrogen-bond acceptors (Lipinski definition) is 12. The van der Waals surface area contributed by atoms with Gasteiger partial charge in [-0.2, -0.15) is 13.7 Å². The van der Waals surface area contributed by atoms with Crippen LogP contribution in [0.3, 0.4) is 0 Å². The molecule has 2 aliphatic rings. The van der Waals surface area contributed by atoms with Gasteiger partial charge in [-0.15, -0.1) is 4.67 Å². The number of esters is 2. The molecule has 60 heavy (non-hydrogen) atoms. The number of halogens is 2. The van der Waals surface area contributed by atoms with Crippen molar-refractivity contribution in [3.8, 4) is 0 Å². The third-order valence-corrected chi connectivity index (χ3v) is 11.3. The summed E-state index contributed by atoms with van der Waals surface area (Å²) in [5.41, 5.74) is 0.876. The summed E-state index contributed by atoms with van der Waals surface area (Å²) >= 11 is 0. The van der Waals surface area contributed by atoms with Crippen LogP contribution in [0, 0.1) is 10.8 Å². The highest BCUT2D eigenvalue weighted by atomic mass is 31.2. The lowest BCUT2D eigenvalue weighted by Gasteiger charge is -2.28. The van der Waals surface area contributed by atoms with Gasteiger partial charge in [0.25, 0.3) is 0 Å². The van der Waals surface area contributed by atoms with Gasteiger partial charge in [-0.05, 0) is 96.9 Å². The maximum atomic E-state index is 16.0. The highest BCUT2D eigenvalue weighted by Gasteiger charge is 2.57. The van der Waals surface area contributed by atoms with E-state index >= 15 is 8.78 Å². The van der Waals surface area contributed by atoms with Crippen LogP contribution < -0.4 is 21.3 Å². The van der Waals surface area contributed by atoms with Crippen molar-refractivity contribution >= 4 is 54.4 Å². The number of nitrogens with one attached hydrogen (secondary N) is 2. The average molecular weight is 863 g/mol. The lowest BCUT2D eigenvalue weighted by atomic mass is 9.98. The zero-order valence-electron chi connectivity index (χ0n) is 34.9. The smallest absolute Gasteiger partial charge is 0.434 e. The van der Waals surface area contributed by atoms with Crippen LogP contribution in [0.2, 0.25) is 0 Å². The largest absolute Gasteiger partial charge is 0.438 e.